The summed E-state index contributed by atoms with van der Waals surface area (Å²) in [5.41, 5.74) is 4.53. The minimum atomic E-state index is -4.30. The van der Waals surface area contributed by atoms with Crippen molar-refractivity contribution in [3.63, 3.8) is 0 Å². The first-order chi connectivity index (χ1) is 13.4. The molecule has 2 aromatic rings. The van der Waals surface area contributed by atoms with E-state index in [1.807, 2.05) is 12.1 Å². The van der Waals surface area contributed by atoms with Crippen LogP contribution in [0.1, 0.15) is 28.2 Å². The lowest BCUT2D eigenvalue weighted by molar-refractivity contribution is -0.176. The highest BCUT2D eigenvalue weighted by Crippen LogP contribution is 2.33. The van der Waals surface area contributed by atoms with E-state index in [0.29, 0.717) is 18.0 Å². The van der Waals surface area contributed by atoms with Crippen LogP contribution in [0.25, 0.3) is 0 Å². The zero-order chi connectivity index (χ0) is 20.0. The van der Waals surface area contributed by atoms with E-state index in [0.717, 1.165) is 24.5 Å². The Balaban J connectivity index is 0.00000300. The first-order valence-electron chi connectivity index (χ1n) is 9.19. The Bertz CT molecular complexity index is 810. The molecule has 0 saturated heterocycles. The second kappa shape index (κ2) is 10.8. The number of nitrogens with zero attached hydrogens (tertiary/aromatic N) is 1. The quantitative estimate of drug-likeness (QED) is 0.324. The predicted molar refractivity (Wildman–Crippen MR) is 119 cm³/mol. The van der Waals surface area contributed by atoms with E-state index >= 15 is 0 Å². The fourth-order valence-electron chi connectivity index (χ4n) is 3.21. The maximum Gasteiger partial charge on any atom is 0.411 e. The molecule has 1 aliphatic rings. The van der Waals surface area contributed by atoms with Crippen LogP contribution < -0.4 is 10.6 Å². The third-order valence-electron chi connectivity index (χ3n) is 4.72. The van der Waals surface area contributed by atoms with E-state index in [4.69, 9.17) is 0 Å². The lowest BCUT2D eigenvalue weighted by atomic mass is 9.78. The lowest BCUT2D eigenvalue weighted by Crippen LogP contribution is -2.40. The topological polar surface area (TPSA) is 45.7 Å². The minimum Gasteiger partial charge on any atom is -0.367 e. The summed E-state index contributed by atoms with van der Waals surface area (Å²) >= 11 is 0. The fraction of sp³-hybridized carbons (Fsp3) is 0.381. The van der Waals surface area contributed by atoms with Crippen LogP contribution >= 0.6 is 24.0 Å². The zero-order valence-electron chi connectivity index (χ0n) is 16.1. The van der Waals surface area contributed by atoms with Gasteiger partial charge in [0, 0.05) is 26.1 Å². The molecule has 2 aromatic carbocycles. The van der Waals surface area contributed by atoms with Crippen LogP contribution in [0.15, 0.2) is 53.5 Å². The van der Waals surface area contributed by atoms with Gasteiger partial charge in [-0.2, -0.15) is 13.2 Å². The molecule has 158 valence electrons. The van der Waals surface area contributed by atoms with Gasteiger partial charge < -0.3 is 15.4 Å². The van der Waals surface area contributed by atoms with Gasteiger partial charge in [-0.05, 0) is 28.7 Å². The number of nitrogens with one attached hydrogen (secondary N) is 2. The predicted octanol–water partition coefficient (Wildman–Crippen LogP) is 4.39. The summed E-state index contributed by atoms with van der Waals surface area (Å²) in [4.78, 5) is 4.24. The molecule has 0 heterocycles. The number of hydrogen-bond acceptors (Lipinski definition) is 2. The summed E-state index contributed by atoms with van der Waals surface area (Å²) in [6.45, 7) is 0.111. The summed E-state index contributed by atoms with van der Waals surface area (Å²) in [7, 11) is 1.73. The van der Waals surface area contributed by atoms with E-state index in [9.17, 15) is 13.2 Å². The number of rotatable bonds is 7. The van der Waals surface area contributed by atoms with E-state index in [1.54, 1.807) is 19.2 Å². The number of guanidine groups is 1. The van der Waals surface area contributed by atoms with E-state index in [1.165, 1.54) is 11.1 Å². The number of alkyl halides is 3. The summed E-state index contributed by atoms with van der Waals surface area (Å²) < 4.78 is 40.9. The third-order valence-corrected chi connectivity index (χ3v) is 4.72. The number of halogens is 4. The van der Waals surface area contributed by atoms with Gasteiger partial charge in [0.05, 0.1) is 6.61 Å². The van der Waals surface area contributed by atoms with E-state index < -0.39 is 12.8 Å². The maximum atomic E-state index is 12.1. The molecule has 1 atom stereocenters. The molecule has 0 radical (unpaired) electrons. The molecule has 2 N–H and O–H groups in total. The molecule has 0 amide bonds. The van der Waals surface area contributed by atoms with Crippen molar-refractivity contribution in [2.45, 2.75) is 31.7 Å². The van der Waals surface area contributed by atoms with Crippen molar-refractivity contribution in [3.05, 3.63) is 70.8 Å². The molecule has 0 aliphatic heterocycles. The molecule has 29 heavy (non-hydrogen) atoms. The van der Waals surface area contributed by atoms with E-state index in [-0.39, 0.29) is 30.6 Å². The number of ether oxygens (including phenoxy) is 1. The van der Waals surface area contributed by atoms with Crippen molar-refractivity contribution in [3.8, 4) is 0 Å². The van der Waals surface area contributed by atoms with Gasteiger partial charge in [0.1, 0.15) is 6.61 Å². The van der Waals surface area contributed by atoms with Crippen LogP contribution in [0.3, 0.4) is 0 Å². The minimum absolute atomic E-state index is 0. The Morgan fingerprint density at radius 1 is 1.07 bits per heavy atom. The Morgan fingerprint density at radius 3 is 2.41 bits per heavy atom. The molecule has 1 aliphatic carbocycles. The highest BCUT2D eigenvalue weighted by atomic mass is 127. The zero-order valence-corrected chi connectivity index (χ0v) is 18.5. The standard InChI is InChI=1S/C21H24F3N3O.HI/c1-25-20(27-12-18-10-17-4-2-3-5-19(17)18)26-11-15-6-8-16(9-7-15)13-28-14-21(22,23)24;/h2-9,18H,10-14H2,1H3,(H2,25,26,27);1H. The van der Waals surface area contributed by atoms with Crippen LogP contribution in [0, 0.1) is 0 Å². The Labute approximate surface area is 186 Å². The maximum absolute atomic E-state index is 12.1. The molecule has 8 heteroatoms. The number of hydrogen-bond donors (Lipinski definition) is 2. The second-order valence-corrected chi connectivity index (χ2v) is 6.83. The molecular weight excluding hydrogens is 494 g/mol. The number of aliphatic imine (C=N–C) groups is 1. The monoisotopic (exact) mass is 519 g/mol. The Kier molecular flexibility index (Phi) is 8.76. The molecule has 1 unspecified atom stereocenters. The summed E-state index contributed by atoms with van der Waals surface area (Å²) in [6.07, 6.45) is -3.22. The van der Waals surface area contributed by atoms with Gasteiger partial charge in [-0.15, -0.1) is 24.0 Å². The Morgan fingerprint density at radius 2 is 1.76 bits per heavy atom. The van der Waals surface area contributed by atoms with Crippen molar-refractivity contribution in [2.75, 3.05) is 20.2 Å². The van der Waals surface area contributed by atoms with Gasteiger partial charge in [-0.25, -0.2) is 0 Å². The van der Waals surface area contributed by atoms with Gasteiger partial charge >= 0.3 is 6.18 Å². The molecular formula is C21H25F3IN3O. The fourth-order valence-corrected chi connectivity index (χ4v) is 3.21. The van der Waals surface area contributed by atoms with E-state index in [2.05, 4.69) is 44.6 Å². The van der Waals surface area contributed by atoms with Crippen LogP contribution in [-0.2, 0) is 24.3 Å². The molecule has 0 spiro atoms. The third kappa shape index (κ3) is 7.18. The summed E-state index contributed by atoms with van der Waals surface area (Å²) in [6, 6.07) is 15.7. The molecule has 0 saturated carbocycles. The summed E-state index contributed by atoms with van der Waals surface area (Å²) in [5, 5.41) is 6.60. The highest BCUT2D eigenvalue weighted by Gasteiger charge is 2.27. The van der Waals surface area contributed by atoms with Crippen LogP contribution in [0.2, 0.25) is 0 Å². The molecule has 0 bridgehead atoms. The number of fused-ring (bicyclic) bond motifs is 1. The molecule has 3 rings (SSSR count). The van der Waals surface area contributed by atoms with Gasteiger partial charge in [0.2, 0.25) is 0 Å². The second-order valence-electron chi connectivity index (χ2n) is 6.83. The first-order valence-corrected chi connectivity index (χ1v) is 9.19. The van der Waals surface area contributed by atoms with Gasteiger partial charge in [-0.3, -0.25) is 4.99 Å². The largest absolute Gasteiger partial charge is 0.411 e. The average Bonchev–Trinajstić information content (AvgIpc) is 2.65. The molecule has 0 aromatic heterocycles. The SMILES string of the molecule is CN=C(NCc1ccc(COCC(F)(F)F)cc1)NCC1Cc2ccccc21.I. The van der Waals surface area contributed by atoms with Crippen molar-refractivity contribution >= 4 is 29.9 Å². The van der Waals surface area contributed by atoms with Gasteiger partial charge in [0.25, 0.3) is 0 Å². The van der Waals surface area contributed by atoms with Crippen molar-refractivity contribution < 1.29 is 17.9 Å². The number of benzene rings is 2. The van der Waals surface area contributed by atoms with Gasteiger partial charge in [0.15, 0.2) is 5.96 Å². The lowest BCUT2D eigenvalue weighted by Gasteiger charge is -2.30. The first kappa shape index (κ1) is 23.5. The Hall–Kier alpha value is -1.81. The smallest absolute Gasteiger partial charge is 0.367 e. The van der Waals surface area contributed by atoms with Crippen LogP contribution in [0.4, 0.5) is 13.2 Å². The molecule has 4 nitrogen and oxygen atoms in total. The summed E-state index contributed by atoms with van der Waals surface area (Å²) in [5.74, 6) is 1.23. The normalized spacial score (nSPS) is 15.7. The van der Waals surface area contributed by atoms with Crippen molar-refractivity contribution in [1.82, 2.24) is 10.6 Å². The highest BCUT2D eigenvalue weighted by molar-refractivity contribution is 14.0. The van der Waals surface area contributed by atoms with Crippen molar-refractivity contribution in [2.24, 2.45) is 4.99 Å². The average molecular weight is 519 g/mol. The van der Waals surface area contributed by atoms with Crippen molar-refractivity contribution in [1.29, 1.82) is 0 Å². The molecule has 0 fully saturated rings. The van der Waals surface area contributed by atoms with Gasteiger partial charge in [-0.1, -0.05) is 48.5 Å². The van der Waals surface area contributed by atoms with Crippen LogP contribution in [0.5, 0.6) is 0 Å². The van der Waals surface area contributed by atoms with Crippen LogP contribution in [-0.4, -0.2) is 32.3 Å².